The van der Waals surface area contributed by atoms with Crippen LogP contribution in [0.1, 0.15) is 0 Å². The van der Waals surface area contributed by atoms with Gasteiger partial charge in [-0.15, -0.1) is 0 Å². The van der Waals surface area contributed by atoms with E-state index in [-0.39, 0.29) is 30.6 Å². The Morgan fingerprint density at radius 3 is 2.47 bits per heavy atom. The first kappa shape index (κ1) is 24.9. The van der Waals surface area contributed by atoms with E-state index in [1.165, 1.54) is 12.1 Å². The molecule has 4 atom stereocenters. The molecule has 0 aliphatic carbocycles. The number of benzene rings is 2. The predicted octanol–water partition coefficient (Wildman–Crippen LogP) is 3.08. The minimum Gasteiger partial charge on any atom is -0.456 e. The van der Waals surface area contributed by atoms with Crippen LogP contribution in [0.4, 0.5) is 14.5 Å². The summed E-state index contributed by atoms with van der Waals surface area (Å²) >= 11 is 0. The first-order chi connectivity index (χ1) is 18.1. The normalized spacial score (nSPS) is 23.5. The number of H-pyrrole nitrogens is 1. The number of aromatic nitrogens is 3. The van der Waals surface area contributed by atoms with Gasteiger partial charge in [0.25, 0.3) is 6.01 Å². The molecule has 0 saturated carbocycles. The van der Waals surface area contributed by atoms with E-state index >= 15 is 0 Å². The minimum atomic E-state index is -2.57. The number of nitrogens with one attached hydrogen (secondary N) is 2. The highest BCUT2D eigenvalue weighted by atomic mass is 32.3. The van der Waals surface area contributed by atoms with Crippen LogP contribution >= 0.6 is 0 Å². The van der Waals surface area contributed by atoms with Crippen LogP contribution in [0.15, 0.2) is 48.5 Å². The number of imidazole rings is 1. The fourth-order valence-corrected chi connectivity index (χ4v) is 5.54. The number of anilines is 1. The fraction of sp³-hybridized carbons (Fsp3) is 0.308. The van der Waals surface area contributed by atoms with Crippen LogP contribution in [0.25, 0.3) is 33.5 Å². The summed E-state index contributed by atoms with van der Waals surface area (Å²) in [6.07, 6.45) is 1.12. The number of aromatic amines is 1. The van der Waals surface area contributed by atoms with Crippen molar-refractivity contribution in [1.29, 1.82) is 0 Å². The molecule has 2 aliphatic rings. The zero-order valence-corrected chi connectivity index (χ0v) is 21.4. The maximum absolute atomic E-state index is 15.0. The second-order valence-electron chi connectivity index (χ2n) is 9.79. The van der Waals surface area contributed by atoms with Crippen molar-refractivity contribution < 1.29 is 32.3 Å². The van der Waals surface area contributed by atoms with Crippen LogP contribution in [0.2, 0.25) is 0 Å². The molecule has 0 spiro atoms. The smallest absolute Gasteiger partial charge is 0.296 e. The van der Waals surface area contributed by atoms with Gasteiger partial charge in [0.05, 0.1) is 18.7 Å². The zero-order chi connectivity index (χ0) is 26.6. The van der Waals surface area contributed by atoms with Gasteiger partial charge in [-0.25, -0.2) is 13.8 Å². The summed E-state index contributed by atoms with van der Waals surface area (Å²) in [7, 11) is -2.57. The summed E-state index contributed by atoms with van der Waals surface area (Å²) in [6.45, 7) is 0.418. The van der Waals surface area contributed by atoms with E-state index < -0.39 is 46.2 Å². The Kier molecular flexibility index (Phi) is 6.14. The lowest BCUT2D eigenvalue weighted by Gasteiger charge is -2.16. The number of rotatable bonds is 6. The minimum absolute atomic E-state index is 0.0928. The number of thiol groups is 1. The van der Waals surface area contributed by atoms with Crippen LogP contribution in [0.3, 0.4) is 0 Å². The number of nitrogens with zero attached hydrogens (tertiary/aromatic N) is 2. The van der Waals surface area contributed by atoms with E-state index in [4.69, 9.17) is 14.2 Å². The van der Waals surface area contributed by atoms with E-state index in [0.717, 1.165) is 0 Å². The number of hydrogen-bond donors (Lipinski definition) is 4. The zero-order valence-electron chi connectivity index (χ0n) is 20.5. The molecular weight excluding hydrogens is 518 g/mol. The Morgan fingerprint density at radius 2 is 1.74 bits per heavy atom. The lowest BCUT2D eigenvalue weighted by molar-refractivity contribution is 0.00706. The second kappa shape index (κ2) is 9.38. The van der Waals surface area contributed by atoms with Crippen molar-refractivity contribution in [3.8, 4) is 28.4 Å². The summed E-state index contributed by atoms with van der Waals surface area (Å²) < 4.78 is 61.5. The molecule has 0 bridgehead atoms. The lowest BCUT2D eigenvalue weighted by atomic mass is 10.0. The number of aliphatic hydroxyl groups excluding tert-OH is 1. The van der Waals surface area contributed by atoms with Crippen LogP contribution in [0, 0.1) is 11.6 Å². The average Bonchev–Trinajstić information content (AvgIpc) is 3.54. The maximum atomic E-state index is 15.0. The van der Waals surface area contributed by atoms with Crippen molar-refractivity contribution in [2.24, 2.45) is 0 Å². The van der Waals surface area contributed by atoms with E-state index in [1.807, 2.05) is 0 Å². The summed E-state index contributed by atoms with van der Waals surface area (Å²) in [4.78, 5) is 11.6. The molecular formula is C26H26F2N4O5S. The third-order valence-electron chi connectivity index (χ3n) is 6.49. The summed E-state index contributed by atoms with van der Waals surface area (Å²) in [5.74, 6) is -1.03. The topological polar surface area (TPSA) is 119 Å². The SMILES string of the molecule is C[SH](C)(=O)Nc1ccc(-c2ccc(-c3nc4nc(O[C@@H]5CO[C@H]6[C@@H]5OC[C@H]6O)[nH]c4cc3F)cc2)c(F)c1. The number of fused-ring (bicyclic) bond motifs is 2. The van der Waals surface area contributed by atoms with Crippen LogP contribution in [-0.2, 0) is 19.6 Å². The molecule has 2 fully saturated rings. The fourth-order valence-electron chi connectivity index (χ4n) is 4.78. The Bertz CT molecular complexity index is 1560. The molecule has 0 radical (unpaired) electrons. The molecule has 12 heteroatoms. The van der Waals surface area contributed by atoms with Gasteiger partial charge in [-0.05, 0) is 33.9 Å². The molecule has 6 rings (SSSR count). The molecule has 2 aromatic carbocycles. The van der Waals surface area contributed by atoms with Crippen molar-refractivity contribution in [2.45, 2.75) is 24.4 Å². The maximum Gasteiger partial charge on any atom is 0.296 e. The first-order valence-corrected chi connectivity index (χ1v) is 14.6. The molecule has 200 valence electrons. The van der Waals surface area contributed by atoms with Gasteiger partial charge in [-0.1, -0.05) is 24.3 Å². The van der Waals surface area contributed by atoms with Crippen LogP contribution in [-0.4, -0.2) is 74.4 Å². The molecule has 9 nitrogen and oxygen atoms in total. The molecule has 0 amide bonds. The molecule has 4 aromatic rings. The second-order valence-corrected chi connectivity index (χ2v) is 12.7. The van der Waals surface area contributed by atoms with E-state index in [9.17, 15) is 18.1 Å². The molecule has 3 N–H and O–H groups in total. The van der Waals surface area contributed by atoms with Gasteiger partial charge in [0.2, 0.25) is 0 Å². The van der Waals surface area contributed by atoms with Crippen molar-refractivity contribution in [1.82, 2.24) is 15.0 Å². The van der Waals surface area contributed by atoms with Gasteiger partial charge in [0, 0.05) is 35.4 Å². The molecule has 2 aromatic heterocycles. The molecule has 38 heavy (non-hydrogen) atoms. The van der Waals surface area contributed by atoms with Crippen molar-refractivity contribution in [2.75, 3.05) is 30.4 Å². The highest BCUT2D eigenvalue weighted by Crippen LogP contribution is 2.32. The van der Waals surface area contributed by atoms with Gasteiger partial charge < -0.3 is 29.0 Å². The highest BCUT2D eigenvalue weighted by Gasteiger charge is 2.48. The largest absolute Gasteiger partial charge is 0.456 e. The van der Waals surface area contributed by atoms with Crippen molar-refractivity contribution in [3.05, 3.63) is 60.2 Å². The average molecular weight is 545 g/mol. The first-order valence-electron chi connectivity index (χ1n) is 12.0. The molecule has 4 heterocycles. The van der Waals surface area contributed by atoms with Gasteiger partial charge >= 0.3 is 0 Å². The number of ether oxygens (including phenoxy) is 3. The van der Waals surface area contributed by atoms with Crippen LogP contribution in [0.5, 0.6) is 6.01 Å². The summed E-state index contributed by atoms with van der Waals surface area (Å²) in [5.41, 5.74) is 2.61. The Hall–Kier alpha value is -3.45. The number of halogens is 2. The Labute approximate surface area is 217 Å². The molecule has 2 saturated heterocycles. The van der Waals surface area contributed by atoms with Gasteiger partial charge in [0.15, 0.2) is 17.6 Å². The quantitative estimate of drug-likeness (QED) is 0.276. The van der Waals surface area contributed by atoms with Gasteiger partial charge in [-0.3, -0.25) is 4.21 Å². The van der Waals surface area contributed by atoms with Crippen molar-refractivity contribution >= 4 is 27.0 Å². The Morgan fingerprint density at radius 1 is 1.00 bits per heavy atom. The number of aliphatic hydroxyl groups is 1. The highest BCUT2D eigenvalue weighted by molar-refractivity contribution is 8.02. The predicted molar refractivity (Wildman–Crippen MR) is 140 cm³/mol. The van der Waals surface area contributed by atoms with Crippen LogP contribution < -0.4 is 9.46 Å². The van der Waals surface area contributed by atoms with Gasteiger partial charge in [0.1, 0.15) is 29.8 Å². The molecule has 0 unspecified atom stereocenters. The summed E-state index contributed by atoms with van der Waals surface area (Å²) in [5, 5.41) is 9.90. The third-order valence-corrected chi connectivity index (χ3v) is 7.28. The van der Waals surface area contributed by atoms with E-state index in [1.54, 1.807) is 48.9 Å². The van der Waals surface area contributed by atoms with E-state index in [2.05, 4.69) is 19.7 Å². The van der Waals surface area contributed by atoms with Gasteiger partial charge in [-0.2, -0.15) is 4.98 Å². The monoisotopic (exact) mass is 544 g/mol. The summed E-state index contributed by atoms with van der Waals surface area (Å²) in [6, 6.07) is 12.7. The number of hydrogen-bond acceptors (Lipinski definition) is 7. The molecule has 2 aliphatic heterocycles. The third kappa shape index (κ3) is 4.75. The Balaban J connectivity index is 1.22. The number of pyridine rings is 1. The van der Waals surface area contributed by atoms with Crippen molar-refractivity contribution in [3.63, 3.8) is 0 Å². The van der Waals surface area contributed by atoms with E-state index in [0.29, 0.717) is 27.9 Å². The standard InChI is InChI=1S/C26H26F2N4O5S/c1-38(2,34)32-15-7-8-16(17(27)9-15)13-3-5-14(6-4-13)22-18(28)10-19-25(30-22)31-26(29-19)37-21-12-36-23-20(33)11-35-24(21)23/h3-10,20-21,23-24,33,38H,11-12H2,1-2H3,(H,32,34)(H,29,30,31)/t20-,21-,23-,24-/m1/s1. The lowest BCUT2D eigenvalue weighted by Crippen LogP contribution is -2.34.